The number of ketones is 2. The molecule has 0 radical (unpaired) electrons. The second-order valence-electron chi connectivity index (χ2n) is 8.64. The Balaban J connectivity index is 0.000000508. The third-order valence-corrected chi connectivity index (χ3v) is 3.64. The zero-order valence-corrected chi connectivity index (χ0v) is 17.5. The Labute approximate surface area is 157 Å². The first-order chi connectivity index (χ1) is 11.7. The second kappa shape index (κ2) is 10.4. The van der Waals surface area contributed by atoms with Crippen LogP contribution < -0.4 is 4.74 Å². The average molecular weight is 368 g/mol. The zero-order valence-electron chi connectivity index (χ0n) is 17.5. The Morgan fingerprint density at radius 2 is 1.38 bits per heavy atom. The highest BCUT2D eigenvalue weighted by Gasteiger charge is 2.21. The number of Topliss-reactive ketones (excluding diaryl/α,β-unsaturated/α-hetero) is 2. The van der Waals surface area contributed by atoms with Crippen LogP contribution >= 0.6 is 0 Å². The van der Waals surface area contributed by atoms with Crippen LogP contribution in [0.1, 0.15) is 48.0 Å². The van der Waals surface area contributed by atoms with Gasteiger partial charge in [-0.2, -0.15) is 0 Å². The molecule has 0 bridgehead atoms. The summed E-state index contributed by atoms with van der Waals surface area (Å²) < 4.78 is 17.8. The third kappa shape index (κ3) is 11.0. The number of benzene rings is 1. The summed E-state index contributed by atoms with van der Waals surface area (Å²) in [6.07, 6.45) is 0.663. The van der Waals surface area contributed by atoms with Crippen molar-refractivity contribution in [3.05, 3.63) is 30.1 Å². The van der Waals surface area contributed by atoms with E-state index in [1.807, 2.05) is 60.5 Å². The van der Waals surface area contributed by atoms with Crippen LogP contribution in [0.4, 0.5) is 4.39 Å². The van der Waals surface area contributed by atoms with Crippen molar-refractivity contribution in [1.29, 1.82) is 0 Å². The predicted octanol–water partition coefficient (Wildman–Crippen LogP) is 4.37. The van der Waals surface area contributed by atoms with E-state index in [0.29, 0.717) is 18.0 Å². The van der Waals surface area contributed by atoms with E-state index in [2.05, 4.69) is 0 Å². The number of hydrogen-bond donors (Lipinski definition) is 0. The fourth-order valence-corrected chi connectivity index (χ4v) is 1.60. The van der Waals surface area contributed by atoms with Crippen LogP contribution in [0.3, 0.4) is 0 Å². The van der Waals surface area contributed by atoms with Crippen LogP contribution in [0.25, 0.3) is 0 Å². The number of rotatable bonds is 6. The quantitative estimate of drug-likeness (QED) is 0.749. The Morgan fingerprint density at radius 1 is 0.923 bits per heavy atom. The largest absolute Gasteiger partial charge is 0.486 e. The lowest BCUT2D eigenvalue weighted by atomic mass is 9.89. The highest BCUT2D eigenvalue weighted by atomic mass is 19.1. The molecule has 1 rings (SSSR count). The molecule has 0 saturated heterocycles. The van der Waals surface area contributed by atoms with Gasteiger partial charge >= 0.3 is 0 Å². The molecule has 0 aliphatic heterocycles. The molecule has 1 aromatic rings. The number of carbonyl (C=O) groups excluding carboxylic acids is 2. The van der Waals surface area contributed by atoms with Crippen molar-refractivity contribution < 1.29 is 18.7 Å². The first-order valence-electron chi connectivity index (χ1n) is 8.83. The molecule has 0 fully saturated rings. The minimum absolute atomic E-state index is 0.0202. The van der Waals surface area contributed by atoms with Crippen LogP contribution in [0.5, 0.6) is 5.75 Å². The molecule has 0 spiro atoms. The molecule has 26 heavy (non-hydrogen) atoms. The van der Waals surface area contributed by atoms with E-state index in [-0.39, 0.29) is 23.6 Å². The normalized spacial score (nSPS) is 11.6. The zero-order chi connectivity index (χ0) is 20.5. The number of ether oxygens (including phenoxy) is 1. The fourth-order valence-electron chi connectivity index (χ4n) is 1.60. The van der Waals surface area contributed by atoms with Crippen molar-refractivity contribution in [2.45, 2.75) is 48.0 Å². The molecule has 0 N–H and O–H groups in total. The average Bonchev–Trinajstić information content (AvgIpc) is 2.50. The van der Waals surface area contributed by atoms with Crippen LogP contribution in [0, 0.1) is 16.6 Å². The van der Waals surface area contributed by atoms with Crippen molar-refractivity contribution in [1.82, 2.24) is 4.90 Å². The molecule has 0 unspecified atom stereocenters. The number of hydrogen-bond acceptors (Lipinski definition) is 4. The predicted molar refractivity (Wildman–Crippen MR) is 104 cm³/mol. The molecule has 1 aromatic carbocycles. The van der Waals surface area contributed by atoms with E-state index in [9.17, 15) is 14.0 Å². The minimum atomic E-state index is -0.403. The molecule has 5 heteroatoms. The Morgan fingerprint density at radius 3 is 1.77 bits per heavy atom. The Hall–Kier alpha value is -1.75. The second-order valence-corrected chi connectivity index (χ2v) is 8.64. The summed E-state index contributed by atoms with van der Waals surface area (Å²) in [6, 6.07) is 5.62. The van der Waals surface area contributed by atoms with Crippen molar-refractivity contribution in [3.63, 3.8) is 0 Å². The summed E-state index contributed by atoms with van der Waals surface area (Å²) in [5.41, 5.74) is -0.573. The van der Waals surface area contributed by atoms with Gasteiger partial charge < -0.3 is 9.64 Å². The van der Waals surface area contributed by atoms with E-state index >= 15 is 0 Å². The smallest absolute Gasteiger partial charge is 0.175 e. The van der Waals surface area contributed by atoms with Gasteiger partial charge in [-0.15, -0.1) is 0 Å². The van der Waals surface area contributed by atoms with Gasteiger partial charge in [-0.1, -0.05) is 41.5 Å². The lowest BCUT2D eigenvalue weighted by Gasteiger charge is -2.17. The van der Waals surface area contributed by atoms with Gasteiger partial charge in [0.05, 0.1) is 0 Å². The topological polar surface area (TPSA) is 46.6 Å². The summed E-state index contributed by atoms with van der Waals surface area (Å²) in [6.45, 7) is 12.3. The van der Waals surface area contributed by atoms with E-state index in [1.54, 1.807) is 0 Å². The van der Waals surface area contributed by atoms with E-state index in [1.165, 1.54) is 24.3 Å². The molecule has 0 heterocycles. The van der Waals surface area contributed by atoms with Gasteiger partial charge in [0.2, 0.25) is 0 Å². The highest BCUT2D eigenvalue weighted by Crippen LogP contribution is 2.17. The van der Waals surface area contributed by atoms with Crippen LogP contribution in [-0.4, -0.2) is 43.7 Å². The lowest BCUT2D eigenvalue weighted by Crippen LogP contribution is -2.26. The minimum Gasteiger partial charge on any atom is -0.486 e. The highest BCUT2D eigenvalue weighted by molar-refractivity contribution is 5.85. The van der Waals surface area contributed by atoms with Gasteiger partial charge in [-0.05, 0) is 38.4 Å². The molecule has 148 valence electrons. The number of halogens is 1. The molecule has 0 aliphatic rings. The molecule has 0 atom stereocenters. The maximum Gasteiger partial charge on any atom is 0.175 e. The van der Waals surface area contributed by atoms with Crippen molar-refractivity contribution in [2.75, 3.05) is 27.2 Å². The number of carbonyl (C=O) groups is 2. The van der Waals surface area contributed by atoms with Gasteiger partial charge in [0.15, 0.2) is 5.78 Å². The fraction of sp³-hybridized carbons (Fsp3) is 0.619. The maximum absolute atomic E-state index is 12.6. The maximum atomic E-state index is 12.6. The van der Waals surface area contributed by atoms with E-state index in [4.69, 9.17) is 4.74 Å². The summed E-state index contributed by atoms with van der Waals surface area (Å²) in [5.74, 6) is 0.552. The van der Waals surface area contributed by atoms with Gasteiger partial charge in [0.1, 0.15) is 24.0 Å². The summed E-state index contributed by atoms with van der Waals surface area (Å²) in [4.78, 5) is 24.9. The monoisotopic (exact) mass is 367 g/mol. The lowest BCUT2D eigenvalue weighted by molar-refractivity contribution is -0.128. The van der Waals surface area contributed by atoms with Crippen molar-refractivity contribution in [3.8, 4) is 5.75 Å². The number of nitrogens with zero attached hydrogens (tertiary/aromatic N) is 1. The summed E-state index contributed by atoms with van der Waals surface area (Å²) in [5, 5.41) is 0. The molecule has 0 aliphatic carbocycles. The van der Waals surface area contributed by atoms with Crippen LogP contribution in [0.15, 0.2) is 24.3 Å². The summed E-state index contributed by atoms with van der Waals surface area (Å²) in [7, 11) is 3.96. The molecule has 0 saturated carbocycles. The molecule has 0 amide bonds. The van der Waals surface area contributed by atoms with Gasteiger partial charge in [0.25, 0.3) is 0 Å². The van der Waals surface area contributed by atoms with E-state index < -0.39 is 5.41 Å². The molecular formula is C21H34FNO3. The van der Waals surface area contributed by atoms with Crippen molar-refractivity contribution >= 4 is 11.6 Å². The first-order valence-corrected chi connectivity index (χ1v) is 8.83. The SMILES string of the molecule is CC(C)(C)C(=O)COc1ccc(F)cc1.CN(C)CCC(=O)C(C)(C)C. The van der Waals surface area contributed by atoms with Crippen molar-refractivity contribution in [2.24, 2.45) is 10.8 Å². The van der Waals surface area contributed by atoms with E-state index in [0.717, 1.165) is 6.54 Å². The standard InChI is InChI=1S/C12H15FO2.C9H19NO/c1-12(2,3)11(14)8-15-10-6-4-9(13)5-7-10;1-9(2,3)8(11)6-7-10(4)5/h4-7H,8H2,1-3H3;6-7H2,1-5H3. The van der Waals surface area contributed by atoms with Gasteiger partial charge in [-0.25, -0.2) is 4.39 Å². The third-order valence-electron chi connectivity index (χ3n) is 3.64. The summed E-state index contributed by atoms with van der Waals surface area (Å²) >= 11 is 0. The molecule has 4 nitrogen and oxygen atoms in total. The molecular weight excluding hydrogens is 333 g/mol. The first kappa shape index (κ1) is 24.2. The Kier molecular flexibility index (Phi) is 9.71. The van der Waals surface area contributed by atoms with Crippen LogP contribution in [0.2, 0.25) is 0 Å². The van der Waals surface area contributed by atoms with Gasteiger partial charge in [-0.3, -0.25) is 9.59 Å². The molecule has 0 aromatic heterocycles. The Bertz CT molecular complexity index is 566. The van der Waals surface area contributed by atoms with Gasteiger partial charge in [0, 0.05) is 23.8 Å². The van der Waals surface area contributed by atoms with Crippen LogP contribution in [-0.2, 0) is 9.59 Å².